The van der Waals surface area contributed by atoms with Gasteiger partial charge in [0.1, 0.15) is 18.1 Å². The Balaban J connectivity index is 1.48. The van der Waals surface area contributed by atoms with Crippen LogP contribution in [0.1, 0.15) is 10.4 Å². The summed E-state index contributed by atoms with van der Waals surface area (Å²) >= 11 is 0. The molecule has 0 aliphatic rings. The quantitative estimate of drug-likeness (QED) is 0.450. The molecule has 0 spiro atoms. The van der Waals surface area contributed by atoms with Gasteiger partial charge < -0.3 is 15.4 Å². The summed E-state index contributed by atoms with van der Waals surface area (Å²) in [4.78, 5) is 26.1. The molecular formula is C23H19FN6O3. The van der Waals surface area contributed by atoms with Crippen LogP contribution in [-0.2, 0) is 11.3 Å². The molecule has 1 aromatic heterocycles. The van der Waals surface area contributed by atoms with E-state index in [1.54, 1.807) is 48.5 Å². The predicted molar refractivity (Wildman–Crippen MR) is 119 cm³/mol. The Bertz CT molecular complexity index is 1290. The van der Waals surface area contributed by atoms with E-state index in [2.05, 4.69) is 26.0 Å². The molecule has 0 bridgehead atoms. The minimum Gasteiger partial charge on any atom is -0.495 e. The van der Waals surface area contributed by atoms with Crippen molar-refractivity contribution in [1.82, 2.24) is 20.2 Å². The Morgan fingerprint density at radius 1 is 0.939 bits per heavy atom. The smallest absolute Gasteiger partial charge is 0.255 e. The van der Waals surface area contributed by atoms with Gasteiger partial charge >= 0.3 is 0 Å². The Labute approximate surface area is 188 Å². The fraction of sp³-hybridized carbons (Fsp3) is 0.0870. The number of methoxy groups -OCH3 is 1. The highest BCUT2D eigenvalue weighted by molar-refractivity contribution is 6.06. The van der Waals surface area contributed by atoms with Gasteiger partial charge in [-0.1, -0.05) is 24.3 Å². The highest BCUT2D eigenvalue weighted by Crippen LogP contribution is 2.25. The van der Waals surface area contributed by atoms with Gasteiger partial charge in [0.25, 0.3) is 5.91 Å². The van der Waals surface area contributed by atoms with Crippen LogP contribution in [0.5, 0.6) is 5.75 Å². The summed E-state index contributed by atoms with van der Waals surface area (Å²) in [6.07, 6.45) is 0. The van der Waals surface area contributed by atoms with Gasteiger partial charge in [-0.3, -0.25) is 9.59 Å². The van der Waals surface area contributed by atoms with Crippen molar-refractivity contribution in [2.45, 2.75) is 6.54 Å². The van der Waals surface area contributed by atoms with Gasteiger partial charge in [-0.15, -0.1) is 10.2 Å². The van der Waals surface area contributed by atoms with Gasteiger partial charge in [0.15, 0.2) is 0 Å². The van der Waals surface area contributed by atoms with Gasteiger partial charge in [-0.25, -0.2) is 4.39 Å². The number of tetrazole rings is 1. The topological polar surface area (TPSA) is 111 Å². The van der Waals surface area contributed by atoms with Gasteiger partial charge in [0.05, 0.1) is 18.5 Å². The number of amides is 2. The molecule has 2 N–H and O–H groups in total. The zero-order chi connectivity index (χ0) is 23.2. The maximum atomic E-state index is 13.1. The van der Waals surface area contributed by atoms with Crippen molar-refractivity contribution >= 4 is 23.2 Å². The van der Waals surface area contributed by atoms with Crippen molar-refractivity contribution in [3.05, 3.63) is 84.2 Å². The number of halogens is 1. The molecular weight excluding hydrogens is 427 g/mol. The molecule has 0 unspecified atom stereocenters. The molecule has 0 atom stereocenters. The molecule has 0 saturated carbocycles. The predicted octanol–water partition coefficient (Wildman–Crippen LogP) is 3.38. The zero-order valence-electron chi connectivity index (χ0n) is 17.5. The van der Waals surface area contributed by atoms with Crippen LogP contribution in [0.25, 0.3) is 11.4 Å². The Kier molecular flexibility index (Phi) is 6.35. The first-order chi connectivity index (χ1) is 16.0. The lowest BCUT2D eigenvalue weighted by atomic mass is 10.1. The fourth-order valence-corrected chi connectivity index (χ4v) is 3.07. The third-order valence-corrected chi connectivity index (χ3v) is 4.64. The molecule has 166 valence electrons. The summed E-state index contributed by atoms with van der Waals surface area (Å²) in [5.41, 5.74) is 1.80. The molecule has 3 aromatic carbocycles. The number of rotatable bonds is 7. The van der Waals surface area contributed by atoms with E-state index < -0.39 is 11.7 Å². The maximum Gasteiger partial charge on any atom is 0.255 e. The van der Waals surface area contributed by atoms with Crippen molar-refractivity contribution in [1.29, 1.82) is 0 Å². The highest BCUT2D eigenvalue weighted by Gasteiger charge is 2.15. The second kappa shape index (κ2) is 9.69. The second-order valence-corrected chi connectivity index (χ2v) is 6.90. The second-order valence-electron chi connectivity index (χ2n) is 6.90. The number of hydrogen-bond acceptors (Lipinski definition) is 6. The first-order valence-electron chi connectivity index (χ1n) is 9.90. The normalized spacial score (nSPS) is 10.5. The van der Waals surface area contributed by atoms with Crippen LogP contribution >= 0.6 is 0 Å². The molecule has 4 aromatic rings. The first-order valence-corrected chi connectivity index (χ1v) is 9.90. The number of ether oxygens (including phenoxy) is 1. The molecule has 4 rings (SSSR count). The number of hydrogen-bond donors (Lipinski definition) is 2. The Hall–Kier alpha value is -4.60. The number of carbonyl (C=O) groups excluding carboxylic acids is 2. The van der Waals surface area contributed by atoms with Crippen LogP contribution in [-0.4, -0.2) is 39.1 Å². The average molecular weight is 446 g/mol. The van der Waals surface area contributed by atoms with Crippen LogP contribution in [0, 0.1) is 5.82 Å². The van der Waals surface area contributed by atoms with Crippen molar-refractivity contribution < 1.29 is 18.7 Å². The molecule has 0 aliphatic heterocycles. The summed E-state index contributed by atoms with van der Waals surface area (Å²) in [6, 6.07) is 19.1. The fourth-order valence-electron chi connectivity index (χ4n) is 3.07. The van der Waals surface area contributed by atoms with Gasteiger partial charge in [-0.05, 0) is 53.7 Å². The largest absolute Gasteiger partial charge is 0.495 e. The number of nitrogens with zero attached hydrogens (tertiary/aromatic N) is 4. The van der Waals surface area contributed by atoms with E-state index in [-0.39, 0.29) is 18.3 Å². The van der Waals surface area contributed by atoms with E-state index in [1.807, 2.05) is 0 Å². The van der Waals surface area contributed by atoms with Crippen molar-refractivity contribution in [2.75, 3.05) is 17.7 Å². The van der Waals surface area contributed by atoms with E-state index in [0.29, 0.717) is 28.3 Å². The average Bonchev–Trinajstić information content (AvgIpc) is 3.28. The number of para-hydroxylation sites is 3. The van der Waals surface area contributed by atoms with Crippen molar-refractivity contribution in [3.63, 3.8) is 0 Å². The van der Waals surface area contributed by atoms with E-state index in [9.17, 15) is 14.0 Å². The third kappa shape index (κ3) is 5.18. The SMILES string of the molecule is COc1ccccc1NC(=O)Cn1nnc(-c2ccccc2NC(=O)c2ccc(F)cc2)n1. The molecule has 9 nitrogen and oxygen atoms in total. The molecule has 0 saturated heterocycles. The van der Waals surface area contributed by atoms with Crippen LogP contribution < -0.4 is 15.4 Å². The standard InChI is InChI=1S/C23H19FN6O3/c1-33-20-9-5-4-8-19(20)25-21(31)14-30-28-22(27-29-30)17-6-2-3-7-18(17)26-23(32)15-10-12-16(24)13-11-15/h2-13H,14H2,1H3,(H,25,31)(H,26,32). The van der Waals surface area contributed by atoms with Gasteiger partial charge in [0, 0.05) is 11.1 Å². The molecule has 33 heavy (non-hydrogen) atoms. The number of carbonyl (C=O) groups is 2. The number of anilines is 2. The van der Waals surface area contributed by atoms with Crippen LogP contribution in [0.4, 0.5) is 15.8 Å². The summed E-state index contributed by atoms with van der Waals surface area (Å²) in [7, 11) is 1.52. The van der Waals surface area contributed by atoms with Crippen molar-refractivity contribution in [3.8, 4) is 17.1 Å². The van der Waals surface area contributed by atoms with Crippen LogP contribution in [0.3, 0.4) is 0 Å². The maximum absolute atomic E-state index is 13.1. The molecule has 2 amide bonds. The summed E-state index contributed by atoms with van der Waals surface area (Å²) in [5.74, 6) is -0.436. The Morgan fingerprint density at radius 2 is 1.64 bits per heavy atom. The minimum absolute atomic E-state index is 0.171. The lowest BCUT2D eigenvalue weighted by Crippen LogP contribution is -2.20. The number of aromatic nitrogens is 4. The third-order valence-electron chi connectivity index (χ3n) is 4.64. The molecule has 0 radical (unpaired) electrons. The summed E-state index contributed by atoms with van der Waals surface area (Å²) < 4.78 is 18.3. The molecule has 0 aliphatic carbocycles. The lowest BCUT2D eigenvalue weighted by molar-refractivity contribution is -0.117. The summed E-state index contributed by atoms with van der Waals surface area (Å²) in [5, 5.41) is 17.7. The molecule has 1 heterocycles. The Morgan fingerprint density at radius 3 is 2.39 bits per heavy atom. The van der Waals surface area contributed by atoms with E-state index in [1.165, 1.54) is 31.4 Å². The van der Waals surface area contributed by atoms with E-state index in [4.69, 9.17) is 4.74 Å². The molecule has 10 heteroatoms. The van der Waals surface area contributed by atoms with Gasteiger partial charge in [-0.2, -0.15) is 4.80 Å². The van der Waals surface area contributed by atoms with Crippen LogP contribution in [0.2, 0.25) is 0 Å². The zero-order valence-corrected chi connectivity index (χ0v) is 17.5. The first kappa shape index (κ1) is 21.6. The monoisotopic (exact) mass is 446 g/mol. The highest BCUT2D eigenvalue weighted by atomic mass is 19.1. The van der Waals surface area contributed by atoms with E-state index >= 15 is 0 Å². The van der Waals surface area contributed by atoms with Crippen LogP contribution in [0.15, 0.2) is 72.8 Å². The summed E-state index contributed by atoms with van der Waals surface area (Å²) in [6.45, 7) is -0.171. The lowest BCUT2D eigenvalue weighted by Gasteiger charge is -2.09. The number of nitrogens with one attached hydrogen (secondary N) is 2. The van der Waals surface area contributed by atoms with Gasteiger partial charge in [0.2, 0.25) is 11.7 Å². The van der Waals surface area contributed by atoms with E-state index in [0.717, 1.165) is 4.80 Å². The van der Waals surface area contributed by atoms with Crippen molar-refractivity contribution in [2.24, 2.45) is 0 Å². The molecule has 0 fully saturated rings. The minimum atomic E-state index is -0.428. The number of benzene rings is 3.